The lowest BCUT2D eigenvalue weighted by Gasteiger charge is -2.33. The predicted octanol–water partition coefficient (Wildman–Crippen LogP) is 2.53. The lowest BCUT2D eigenvalue weighted by atomic mass is 9.88. The van der Waals surface area contributed by atoms with Gasteiger partial charge in [0.15, 0.2) is 0 Å². The van der Waals surface area contributed by atoms with Gasteiger partial charge in [-0.1, -0.05) is 29.4 Å². The van der Waals surface area contributed by atoms with Gasteiger partial charge in [0.25, 0.3) is 0 Å². The van der Waals surface area contributed by atoms with Gasteiger partial charge in [-0.15, -0.1) is 0 Å². The van der Waals surface area contributed by atoms with E-state index in [1.807, 2.05) is 50.1 Å². The molecule has 1 N–H and O–H groups in total. The molecule has 7 nitrogen and oxygen atoms in total. The van der Waals surface area contributed by atoms with Crippen LogP contribution in [0.25, 0.3) is 0 Å². The number of carbonyl (C=O) groups is 2. The summed E-state index contributed by atoms with van der Waals surface area (Å²) < 4.78 is 10.1. The van der Waals surface area contributed by atoms with Crippen LogP contribution in [-0.2, 0) is 20.9 Å². The maximum absolute atomic E-state index is 13.1. The van der Waals surface area contributed by atoms with Crippen molar-refractivity contribution in [3.63, 3.8) is 0 Å². The summed E-state index contributed by atoms with van der Waals surface area (Å²) in [5.41, 5.74) is 1.91. The molecule has 0 bridgehead atoms. The van der Waals surface area contributed by atoms with E-state index in [4.69, 9.17) is 9.26 Å². The average molecular weight is 385 g/mol. The zero-order valence-corrected chi connectivity index (χ0v) is 17.0. The fraction of sp³-hybridized carbons (Fsp3) is 0.476. The Morgan fingerprint density at radius 2 is 2.07 bits per heavy atom. The van der Waals surface area contributed by atoms with E-state index >= 15 is 0 Å². The molecule has 0 radical (unpaired) electrons. The van der Waals surface area contributed by atoms with Crippen molar-refractivity contribution in [2.45, 2.75) is 45.3 Å². The molecule has 0 spiro atoms. The van der Waals surface area contributed by atoms with E-state index in [2.05, 4.69) is 10.5 Å². The molecule has 3 rings (SSSR count). The highest BCUT2D eigenvalue weighted by Crippen LogP contribution is 2.47. The van der Waals surface area contributed by atoms with Crippen LogP contribution in [0.1, 0.15) is 42.0 Å². The van der Waals surface area contributed by atoms with Crippen molar-refractivity contribution in [2.24, 2.45) is 5.92 Å². The van der Waals surface area contributed by atoms with Gasteiger partial charge in [0.2, 0.25) is 5.91 Å². The second-order valence-corrected chi connectivity index (χ2v) is 7.64. The molecule has 1 aliphatic heterocycles. The molecular formula is C21H27N3O4. The Bertz CT molecular complexity index is 878. The number of rotatable bonds is 5. The van der Waals surface area contributed by atoms with E-state index in [0.717, 1.165) is 11.1 Å². The Morgan fingerprint density at radius 1 is 1.36 bits per heavy atom. The minimum atomic E-state index is -0.881. The average Bonchev–Trinajstić information content (AvgIpc) is 3.21. The molecule has 1 aliphatic rings. The van der Waals surface area contributed by atoms with Gasteiger partial charge in [0.05, 0.1) is 19.6 Å². The molecule has 1 saturated heterocycles. The van der Waals surface area contributed by atoms with Crippen molar-refractivity contribution >= 4 is 11.9 Å². The largest absolute Gasteiger partial charge is 0.468 e. The summed E-state index contributed by atoms with van der Waals surface area (Å²) >= 11 is 0. The highest BCUT2D eigenvalue weighted by atomic mass is 16.5. The van der Waals surface area contributed by atoms with Crippen molar-refractivity contribution in [3.05, 3.63) is 52.9 Å². The number of carbonyl (C=O) groups excluding carboxylic acids is 2. The van der Waals surface area contributed by atoms with E-state index in [1.165, 1.54) is 7.11 Å². The third-order valence-electron chi connectivity index (χ3n) is 5.78. The fourth-order valence-electron chi connectivity index (χ4n) is 4.10. The highest BCUT2D eigenvalue weighted by Gasteiger charge is 2.55. The number of aromatic nitrogens is 1. The van der Waals surface area contributed by atoms with Crippen molar-refractivity contribution in [2.75, 3.05) is 14.2 Å². The van der Waals surface area contributed by atoms with Gasteiger partial charge in [-0.3, -0.25) is 14.5 Å². The van der Waals surface area contributed by atoms with Crippen LogP contribution in [0.5, 0.6) is 0 Å². The van der Waals surface area contributed by atoms with Gasteiger partial charge in [0.1, 0.15) is 17.0 Å². The molecule has 0 unspecified atom stereocenters. The fourth-order valence-corrected chi connectivity index (χ4v) is 4.10. The van der Waals surface area contributed by atoms with Crippen LogP contribution >= 0.6 is 0 Å². The summed E-state index contributed by atoms with van der Waals surface area (Å²) in [5, 5.41) is 6.86. The Labute approximate surface area is 165 Å². The van der Waals surface area contributed by atoms with Gasteiger partial charge in [-0.2, -0.15) is 0 Å². The Morgan fingerprint density at radius 3 is 2.68 bits per heavy atom. The van der Waals surface area contributed by atoms with E-state index < -0.39 is 11.5 Å². The number of ether oxygens (including phenoxy) is 1. The first-order chi connectivity index (χ1) is 13.3. The SMILES string of the molecule is COC(=O)[C@@]1(C)C[C@@H](C(=O)NCc2cc(C)on2)[C@@H](c2ccccc2C)N1C. The van der Waals surface area contributed by atoms with Gasteiger partial charge in [0, 0.05) is 12.1 Å². The second-order valence-electron chi connectivity index (χ2n) is 7.64. The number of hydrogen-bond donors (Lipinski definition) is 1. The predicted molar refractivity (Wildman–Crippen MR) is 103 cm³/mol. The molecular weight excluding hydrogens is 358 g/mol. The number of aryl methyl sites for hydroxylation is 2. The van der Waals surface area contributed by atoms with Gasteiger partial charge >= 0.3 is 5.97 Å². The Hall–Kier alpha value is -2.67. The van der Waals surface area contributed by atoms with Crippen LogP contribution in [0, 0.1) is 19.8 Å². The number of methoxy groups -OCH3 is 1. The van der Waals surface area contributed by atoms with Crippen LogP contribution < -0.4 is 5.32 Å². The first-order valence-electron chi connectivity index (χ1n) is 9.34. The zero-order chi connectivity index (χ0) is 20.5. The summed E-state index contributed by atoms with van der Waals surface area (Å²) in [7, 11) is 3.26. The van der Waals surface area contributed by atoms with Gasteiger partial charge in [-0.25, -0.2) is 0 Å². The third-order valence-corrected chi connectivity index (χ3v) is 5.78. The number of hydrogen-bond acceptors (Lipinski definition) is 6. The van der Waals surface area contributed by atoms with E-state index in [9.17, 15) is 9.59 Å². The van der Waals surface area contributed by atoms with Gasteiger partial charge < -0.3 is 14.6 Å². The summed E-state index contributed by atoms with van der Waals surface area (Å²) in [5.74, 6) is -0.159. The number of nitrogens with zero attached hydrogens (tertiary/aromatic N) is 2. The number of esters is 1. The Balaban J connectivity index is 1.90. The van der Waals surface area contributed by atoms with E-state index in [1.54, 1.807) is 13.0 Å². The molecule has 7 heteroatoms. The van der Waals surface area contributed by atoms with Gasteiger partial charge in [-0.05, 0) is 45.4 Å². The standard InChI is InChI=1S/C21H27N3O4/c1-13-8-6-7-9-16(13)18-17(11-21(3,24(18)4)20(26)27-5)19(25)22-12-15-10-14(2)28-23-15/h6-10,17-18H,11-12H2,1-5H3,(H,22,25)/t17-,18-,21-/m1/s1. The highest BCUT2D eigenvalue weighted by molar-refractivity contribution is 5.86. The lowest BCUT2D eigenvalue weighted by Crippen LogP contribution is -2.47. The first kappa shape index (κ1) is 20.1. The van der Waals surface area contributed by atoms with Crippen LogP contribution in [0.4, 0.5) is 0 Å². The van der Waals surface area contributed by atoms with Crippen LogP contribution in [-0.4, -0.2) is 41.6 Å². The molecule has 3 atom stereocenters. The quantitative estimate of drug-likeness (QED) is 0.796. The van der Waals surface area contributed by atoms with E-state index in [0.29, 0.717) is 17.9 Å². The number of likely N-dealkylation sites (tertiary alicyclic amines) is 1. The van der Waals surface area contributed by atoms with E-state index in [-0.39, 0.29) is 24.5 Å². The minimum absolute atomic E-state index is 0.117. The maximum atomic E-state index is 13.1. The molecule has 1 amide bonds. The van der Waals surface area contributed by atoms with Crippen molar-refractivity contribution in [1.82, 2.24) is 15.4 Å². The zero-order valence-electron chi connectivity index (χ0n) is 17.0. The lowest BCUT2D eigenvalue weighted by molar-refractivity contribution is -0.152. The molecule has 150 valence electrons. The maximum Gasteiger partial charge on any atom is 0.326 e. The number of nitrogens with one attached hydrogen (secondary N) is 1. The molecule has 1 aromatic heterocycles. The second kappa shape index (κ2) is 7.75. The first-order valence-corrected chi connectivity index (χ1v) is 9.34. The van der Waals surface area contributed by atoms with Crippen molar-refractivity contribution < 1.29 is 18.8 Å². The van der Waals surface area contributed by atoms with Crippen molar-refractivity contribution in [3.8, 4) is 0 Å². The summed E-state index contributed by atoms with van der Waals surface area (Å²) in [6.45, 7) is 5.94. The number of likely N-dealkylation sites (N-methyl/N-ethyl adjacent to an activating group) is 1. The molecule has 1 aromatic carbocycles. The third kappa shape index (κ3) is 3.54. The van der Waals surface area contributed by atoms with Crippen LogP contribution in [0.15, 0.2) is 34.9 Å². The topological polar surface area (TPSA) is 84.7 Å². The van der Waals surface area contributed by atoms with Crippen LogP contribution in [0.2, 0.25) is 0 Å². The number of benzene rings is 1. The minimum Gasteiger partial charge on any atom is -0.468 e. The monoisotopic (exact) mass is 385 g/mol. The molecule has 28 heavy (non-hydrogen) atoms. The summed E-state index contributed by atoms with van der Waals surface area (Å²) in [6, 6.07) is 9.51. The smallest absolute Gasteiger partial charge is 0.326 e. The molecule has 1 fully saturated rings. The number of amides is 1. The van der Waals surface area contributed by atoms with Crippen LogP contribution in [0.3, 0.4) is 0 Å². The Kier molecular flexibility index (Phi) is 5.56. The molecule has 0 aliphatic carbocycles. The van der Waals surface area contributed by atoms with Crippen molar-refractivity contribution in [1.29, 1.82) is 0 Å². The molecule has 2 aromatic rings. The normalized spacial score (nSPS) is 24.9. The summed E-state index contributed by atoms with van der Waals surface area (Å²) in [4.78, 5) is 27.6. The molecule has 0 saturated carbocycles. The molecule has 2 heterocycles. The summed E-state index contributed by atoms with van der Waals surface area (Å²) in [6.07, 6.45) is 0.374.